The minimum absolute atomic E-state index is 0.0185. The van der Waals surface area contributed by atoms with Crippen molar-refractivity contribution in [1.82, 2.24) is 29.9 Å². The van der Waals surface area contributed by atoms with Crippen LogP contribution < -0.4 is 9.64 Å². The molecule has 1 saturated heterocycles. The lowest BCUT2D eigenvalue weighted by molar-refractivity contribution is -0.140. The maximum Gasteiger partial charge on any atom is 0.435 e. The minimum Gasteiger partial charge on any atom is -0.481 e. The van der Waals surface area contributed by atoms with Gasteiger partial charge in [-0.2, -0.15) is 13.2 Å². The first kappa shape index (κ1) is 24.9. The number of alkyl halides is 3. The Balaban J connectivity index is 1.24. The van der Waals surface area contributed by atoms with Crippen LogP contribution in [0.3, 0.4) is 0 Å². The first-order chi connectivity index (χ1) is 18.8. The lowest BCUT2D eigenvalue weighted by Crippen LogP contribution is -2.34. The predicted octanol–water partition coefficient (Wildman–Crippen LogP) is 6.13. The molecule has 5 aromatic rings. The highest BCUT2D eigenvalue weighted by Crippen LogP contribution is 2.39. The molecular weight excluding hydrogens is 507 g/mol. The summed E-state index contributed by atoms with van der Waals surface area (Å²) in [5.74, 6) is 1.56. The summed E-state index contributed by atoms with van der Waals surface area (Å²) in [6.45, 7) is 3.15. The lowest BCUT2D eigenvalue weighted by atomic mass is 9.96. The summed E-state index contributed by atoms with van der Waals surface area (Å²) in [7, 11) is 1.57. The van der Waals surface area contributed by atoms with Gasteiger partial charge in [-0.1, -0.05) is 29.8 Å². The van der Waals surface area contributed by atoms with E-state index in [2.05, 4.69) is 34.8 Å². The van der Waals surface area contributed by atoms with Gasteiger partial charge in [0.1, 0.15) is 23.6 Å². The summed E-state index contributed by atoms with van der Waals surface area (Å²) in [5, 5.41) is 0.876. The van der Waals surface area contributed by atoms with E-state index in [0.29, 0.717) is 48.8 Å². The Labute approximate surface area is 222 Å². The molecule has 0 radical (unpaired) electrons. The second kappa shape index (κ2) is 9.72. The second-order valence-electron chi connectivity index (χ2n) is 9.70. The van der Waals surface area contributed by atoms with Crippen LogP contribution in [0.5, 0.6) is 5.88 Å². The maximum atomic E-state index is 13.9. The molecule has 1 aliphatic rings. The molecule has 1 aromatic carbocycles. The molecule has 0 spiro atoms. The van der Waals surface area contributed by atoms with Crippen LogP contribution in [0.15, 0.2) is 55.0 Å². The lowest BCUT2D eigenvalue weighted by Gasteiger charge is -2.32. The highest BCUT2D eigenvalue weighted by molar-refractivity contribution is 5.92. The number of nitrogens with one attached hydrogen (secondary N) is 2. The SMILES string of the molecule is COc1cc(-c2cc3c(N4CCC(c5nc(C(F)(F)F)c(-c6ccc(C)cc6)[nH]5)CC4)ncnc3[nH]2)ccn1. The Kier molecular flexibility index (Phi) is 6.20. The number of aryl methyl sites for hydroxylation is 1. The van der Waals surface area contributed by atoms with Crippen molar-refractivity contribution < 1.29 is 17.9 Å². The summed E-state index contributed by atoms with van der Waals surface area (Å²) in [5.41, 5.74) is 3.08. The molecule has 4 aromatic heterocycles. The normalized spacial score (nSPS) is 14.7. The van der Waals surface area contributed by atoms with Crippen molar-refractivity contribution in [3.05, 3.63) is 72.1 Å². The van der Waals surface area contributed by atoms with E-state index in [1.54, 1.807) is 37.6 Å². The Bertz CT molecular complexity index is 1620. The molecule has 0 atom stereocenters. The maximum absolute atomic E-state index is 13.9. The number of aromatic nitrogens is 6. The molecule has 8 nitrogen and oxygen atoms in total. The van der Waals surface area contributed by atoms with Crippen molar-refractivity contribution in [1.29, 1.82) is 0 Å². The number of aromatic amines is 2. The Morgan fingerprint density at radius 3 is 2.44 bits per heavy atom. The van der Waals surface area contributed by atoms with Crippen LogP contribution in [-0.4, -0.2) is 50.1 Å². The fraction of sp³-hybridized carbons (Fsp3) is 0.286. The minimum atomic E-state index is -4.55. The largest absolute Gasteiger partial charge is 0.481 e. The van der Waals surface area contributed by atoms with Gasteiger partial charge in [-0.3, -0.25) is 0 Å². The number of benzene rings is 1. The van der Waals surface area contributed by atoms with Crippen molar-refractivity contribution >= 4 is 16.9 Å². The van der Waals surface area contributed by atoms with E-state index >= 15 is 0 Å². The summed E-state index contributed by atoms with van der Waals surface area (Å²) in [6.07, 6.45) is -0.0642. The van der Waals surface area contributed by atoms with E-state index in [1.807, 2.05) is 25.1 Å². The summed E-state index contributed by atoms with van der Waals surface area (Å²) in [4.78, 5) is 25.7. The Hall–Kier alpha value is -4.41. The topological polar surface area (TPSA) is 95.6 Å². The molecule has 0 bridgehead atoms. The predicted molar refractivity (Wildman–Crippen MR) is 142 cm³/mol. The zero-order chi connectivity index (χ0) is 27.1. The molecule has 6 rings (SSSR count). The molecule has 0 unspecified atom stereocenters. The van der Waals surface area contributed by atoms with Crippen molar-refractivity contribution in [3.8, 4) is 28.4 Å². The average Bonchev–Trinajstić information content (AvgIpc) is 3.59. The van der Waals surface area contributed by atoms with Crippen LogP contribution in [0.4, 0.5) is 19.0 Å². The zero-order valence-corrected chi connectivity index (χ0v) is 21.4. The van der Waals surface area contributed by atoms with Gasteiger partial charge in [-0.05, 0) is 31.9 Å². The smallest absolute Gasteiger partial charge is 0.435 e. The highest BCUT2D eigenvalue weighted by atomic mass is 19.4. The van der Waals surface area contributed by atoms with E-state index in [1.165, 1.54) is 6.33 Å². The second-order valence-corrected chi connectivity index (χ2v) is 9.70. The van der Waals surface area contributed by atoms with Crippen molar-refractivity contribution in [3.63, 3.8) is 0 Å². The van der Waals surface area contributed by atoms with Gasteiger partial charge in [0.2, 0.25) is 5.88 Å². The third-order valence-electron chi connectivity index (χ3n) is 7.17. The zero-order valence-electron chi connectivity index (χ0n) is 21.4. The Morgan fingerprint density at radius 2 is 1.72 bits per heavy atom. The molecule has 2 N–H and O–H groups in total. The number of pyridine rings is 1. The number of nitrogens with zero attached hydrogens (tertiary/aromatic N) is 5. The molecule has 1 fully saturated rings. The number of H-pyrrole nitrogens is 2. The first-order valence-electron chi connectivity index (χ1n) is 12.6. The van der Waals surface area contributed by atoms with Gasteiger partial charge in [0.05, 0.1) is 18.2 Å². The van der Waals surface area contributed by atoms with Crippen molar-refractivity contribution in [2.45, 2.75) is 31.9 Å². The van der Waals surface area contributed by atoms with Crippen LogP contribution in [0.25, 0.3) is 33.5 Å². The average molecular weight is 534 g/mol. The Morgan fingerprint density at radius 1 is 0.949 bits per heavy atom. The van der Waals surface area contributed by atoms with Gasteiger partial charge in [-0.25, -0.2) is 19.9 Å². The number of hydrogen-bond acceptors (Lipinski definition) is 6. The van der Waals surface area contributed by atoms with Crippen LogP contribution in [0, 0.1) is 6.92 Å². The third-order valence-corrected chi connectivity index (χ3v) is 7.17. The standard InChI is InChI=1S/C28H26F3N7O/c1-16-3-5-17(6-4-16)23-24(28(29,30)31)37-25(36-23)18-8-11-38(12-9-18)27-20-14-21(35-26(20)33-15-34-27)19-7-10-32-22(13-19)39-2/h3-7,10,13-15,18H,8-9,11-12H2,1-2H3,(H,36,37)(H,33,34,35). The molecule has 5 heterocycles. The first-order valence-corrected chi connectivity index (χ1v) is 12.6. The number of methoxy groups -OCH3 is 1. The van der Waals surface area contributed by atoms with Gasteiger partial charge in [0.25, 0.3) is 0 Å². The van der Waals surface area contributed by atoms with Gasteiger partial charge in [-0.15, -0.1) is 0 Å². The third kappa shape index (κ3) is 4.80. The summed E-state index contributed by atoms with van der Waals surface area (Å²) < 4.78 is 46.9. The fourth-order valence-corrected chi connectivity index (χ4v) is 5.11. The number of anilines is 1. The van der Waals surface area contributed by atoms with E-state index in [4.69, 9.17) is 4.74 Å². The molecule has 39 heavy (non-hydrogen) atoms. The fourth-order valence-electron chi connectivity index (χ4n) is 5.11. The molecule has 0 saturated carbocycles. The van der Waals surface area contributed by atoms with Crippen LogP contribution in [0.1, 0.15) is 35.8 Å². The molecule has 0 aliphatic carbocycles. The van der Waals surface area contributed by atoms with E-state index in [-0.39, 0.29) is 11.6 Å². The molecule has 1 aliphatic heterocycles. The monoisotopic (exact) mass is 533 g/mol. The van der Waals surface area contributed by atoms with Gasteiger partial charge in [0.15, 0.2) is 5.69 Å². The summed E-state index contributed by atoms with van der Waals surface area (Å²) in [6, 6.07) is 12.7. The number of rotatable bonds is 5. The van der Waals surface area contributed by atoms with Crippen molar-refractivity contribution in [2.24, 2.45) is 0 Å². The van der Waals surface area contributed by atoms with E-state index in [0.717, 1.165) is 28.0 Å². The number of hydrogen-bond donors (Lipinski definition) is 2. The van der Waals surface area contributed by atoms with Crippen LogP contribution in [0.2, 0.25) is 0 Å². The molecule has 200 valence electrons. The van der Waals surface area contributed by atoms with Gasteiger partial charge in [0, 0.05) is 48.1 Å². The summed E-state index contributed by atoms with van der Waals surface area (Å²) >= 11 is 0. The number of imidazole rings is 1. The van der Waals surface area contributed by atoms with Gasteiger partial charge < -0.3 is 19.6 Å². The highest BCUT2D eigenvalue weighted by Gasteiger charge is 2.39. The van der Waals surface area contributed by atoms with Crippen molar-refractivity contribution in [2.75, 3.05) is 25.1 Å². The molecular formula is C28H26F3N7O. The van der Waals surface area contributed by atoms with Crippen LogP contribution in [-0.2, 0) is 6.18 Å². The number of halogens is 3. The molecule has 0 amide bonds. The van der Waals surface area contributed by atoms with E-state index < -0.39 is 11.9 Å². The number of piperidine rings is 1. The van der Waals surface area contributed by atoms with Gasteiger partial charge >= 0.3 is 6.18 Å². The molecule has 11 heteroatoms. The van der Waals surface area contributed by atoms with Crippen LogP contribution >= 0.6 is 0 Å². The number of ether oxygens (including phenoxy) is 1. The quantitative estimate of drug-likeness (QED) is 0.282. The van der Waals surface area contributed by atoms with E-state index in [9.17, 15) is 13.2 Å². The number of fused-ring (bicyclic) bond motifs is 1.